The molecule has 0 aliphatic carbocycles. The normalized spacial score (nSPS) is 20.3. The molecule has 4 aliphatic heterocycles. The maximum atomic E-state index is 13.1. The van der Waals surface area contributed by atoms with E-state index in [4.69, 9.17) is 38.6 Å². The third-order valence-corrected chi connectivity index (χ3v) is 15.1. The van der Waals surface area contributed by atoms with Crippen LogP contribution in [-0.2, 0) is 71.5 Å². The Morgan fingerprint density at radius 3 is 0.862 bits per heavy atom. The fourth-order valence-corrected chi connectivity index (χ4v) is 10.4. The third kappa shape index (κ3) is 45.6. The summed E-state index contributed by atoms with van der Waals surface area (Å²) in [6.07, 6.45) is -2.41. The zero-order valence-corrected chi connectivity index (χ0v) is 67.6. The van der Waals surface area contributed by atoms with Crippen molar-refractivity contribution < 1.29 is 135 Å². The predicted molar refractivity (Wildman–Crippen MR) is 418 cm³/mol. The fourth-order valence-electron chi connectivity index (χ4n) is 10.4. The smallest absolute Gasteiger partial charge is 0.870 e. The van der Waals surface area contributed by atoms with Crippen LogP contribution < -0.4 is 45.4 Å². The van der Waals surface area contributed by atoms with Gasteiger partial charge in [0.2, 0.25) is 17.7 Å². The molecule has 0 spiro atoms. The molecule has 0 bridgehead atoms. The molecule has 12 atom stereocenters. The maximum absolute atomic E-state index is 13.1. The van der Waals surface area contributed by atoms with Crippen molar-refractivity contribution in [2.75, 3.05) is 47.5 Å². The van der Waals surface area contributed by atoms with Gasteiger partial charge < -0.3 is 100 Å². The Hall–Kier alpha value is -6.43. The van der Waals surface area contributed by atoms with E-state index in [0.29, 0.717) is 38.9 Å². The second-order valence-corrected chi connectivity index (χ2v) is 34.0. The summed E-state index contributed by atoms with van der Waals surface area (Å²) in [4.78, 5) is 148. The van der Waals surface area contributed by atoms with Gasteiger partial charge in [0, 0.05) is 39.0 Å². The molecule has 0 aromatic carbocycles. The Bertz CT molecular complexity index is 2710. The minimum absolute atomic E-state index is 0. The van der Waals surface area contributed by atoms with E-state index >= 15 is 0 Å². The van der Waals surface area contributed by atoms with Crippen LogP contribution in [-0.4, -0.2) is 243 Å². The first kappa shape index (κ1) is 123. The van der Waals surface area contributed by atoms with Gasteiger partial charge >= 0.3 is 73.1 Å². The Morgan fingerprint density at radius 2 is 0.633 bits per heavy atom. The molecule has 0 aromatic heterocycles. The van der Waals surface area contributed by atoms with Crippen LogP contribution in [0.15, 0.2) is 0 Å². The van der Waals surface area contributed by atoms with Gasteiger partial charge in [0.15, 0.2) is 0 Å². The number of likely N-dealkylation sites (tertiary alicyclic amines) is 3. The van der Waals surface area contributed by atoms with Gasteiger partial charge in [-0.1, -0.05) is 141 Å². The number of aliphatic hydroxyl groups excluding tert-OH is 2. The average Bonchev–Trinajstić information content (AvgIpc) is 1.72. The average molecular weight is 1590 g/mol. The first-order valence-corrected chi connectivity index (χ1v) is 33.6. The molecule has 4 fully saturated rings. The van der Waals surface area contributed by atoms with E-state index in [1.165, 1.54) is 36.0 Å². The second-order valence-electron chi connectivity index (χ2n) is 34.0. The summed E-state index contributed by atoms with van der Waals surface area (Å²) in [5.41, 5.74) is -4.99. The number of ether oxygens (including phenoxy) is 7. The first-order valence-electron chi connectivity index (χ1n) is 33.6. The molecule has 4 saturated heterocycles. The van der Waals surface area contributed by atoms with Crippen molar-refractivity contribution in [1.29, 1.82) is 0 Å². The number of amides is 7. The van der Waals surface area contributed by atoms with Crippen LogP contribution in [0.5, 0.6) is 0 Å². The zero-order valence-electron chi connectivity index (χ0n) is 66.8. The summed E-state index contributed by atoms with van der Waals surface area (Å²) >= 11 is 0. The molecule has 109 heavy (non-hydrogen) atoms. The minimum atomic E-state index is -1.07. The molecule has 7 amide bonds. The Morgan fingerprint density at radius 1 is 0.385 bits per heavy atom. The number of β-amino-alcohol motifs (C(OH)–C–C–N with tert-alkyl or cyclic N) is 2. The van der Waals surface area contributed by atoms with E-state index in [-0.39, 0.29) is 130 Å². The van der Waals surface area contributed by atoms with Crippen molar-refractivity contribution in [3.8, 4) is 0 Å². The summed E-state index contributed by atoms with van der Waals surface area (Å²) in [6.45, 7) is 47.7. The molecule has 10 N–H and O–H groups in total. The zero-order chi connectivity index (χ0) is 78.7. The molecule has 34 heteroatoms. The van der Waals surface area contributed by atoms with Crippen molar-refractivity contribution in [2.45, 2.75) is 333 Å². The van der Waals surface area contributed by atoms with Crippen molar-refractivity contribution >= 4 is 84.3 Å². The number of alkyl carbamates (subject to hydrolysis) is 4. The van der Waals surface area contributed by atoms with E-state index in [2.05, 4.69) is 31.3 Å². The van der Waals surface area contributed by atoms with Crippen molar-refractivity contribution in [3.05, 3.63) is 0 Å². The Labute approximate surface area is 672 Å². The standard InChI is InChI=1S/C18H32N2O5.C17H30N2O6.C17H30N2O5.C11H21NO4.C6H11NO3.6CH4.ClH.Li.H2O/c1-11-9-12(15(22)24-8)20(10-11)14(21)13(17(2,3)4)19-16(23)25-18(5,6)7;1-16(2,3)12(18-15(23)25-17(4,5)6)13(21)19-9-10(20)8-11(19)14(22)24-7;1-10-8-11(14(21)22)19(9-10)13(20)12(16(2,3)4)18-15(23)24-17(5,6)7;1-10(2,3)7(8(13)14)12-9(15)16-11(4,5)6;1-10-6(9)5-2-4(8)3-7-5;;;;;;;;;/h11-13H,9-10H2,1-8H3,(H,19,23);10-12,20H,8-9H2,1-7H3,(H,18,23);10-12H,8-9H2,1-7H3,(H,18,23)(H,21,22);7H,1-6H3,(H,12,15)(H,13,14);4-5,7-8H,2-3H2,1H3;6*1H4;1H;;1H2/q;;;;;;;;;;;;+1;/p-1/t11-,12+,13-;2*10-,11+,12-;7-;4-,5+;;;;;;;;;/m11111........./s1. The number of hydrogen-bond acceptors (Lipinski definition) is 23. The van der Waals surface area contributed by atoms with Crippen molar-refractivity contribution in [3.63, 3.8) is 0 Å². The summed E-state index contributed by atoms with van der Waals surface area (Å²) in [7, 11) is 3.89. The summed E-state index contributed by atoms with van der Waals surface area (Å²) in [6, 6.07) is -6.19. The second kappa shape index (κ2) is 50.5. The monoisotopic (exact) mass is 1590 g/mol. The number of rotatable bonds is 12. The molecular formula is C75H150ClLiN8O24. The SMILES string of the molecule is C.C.C.C.C.C.CC(C)(C)OC(=O)N[C@H](C(=O)O)C(C)(C)C.COC(=O)[C@@H]1C[C@@H](C)CN1C(=O)[C@@H](NC(=O)OC(C)(C)C)C(C)(C)C.COC(=O)[C@@H]1C[C@@H](O)CN1.COC(=O)[C@@H]1C[C@@H](O)CN1C(=O)[C@@H](NC(=O)OC(C)(C)C)C(C)(C)C.C[C@@H]1C[C@@H](C(=O)O)N(C(=O)[C@@H](NC(=O)OC(C)(C)C)C(C)(C)C)C1.Cl.[Li+].[OH-]. The number of carboxylic acid groups (broad SMARTS) is 2. The molecule has 0 aromatic rings. The van der Waals surface area contributed by atoms with E-state index in [1.807, 2.05) is 55.4 Å². The predicted octanol–water partition coefficient (Wildman–Crippen LogP) is 7.60. The van der Waals surface area contributed by atoms with Crippen LogP contribution in [0.3, 0.4) is 0 Å². The molecule has 0 unspecified atom stereocenters. The third-order valence-electron chi connectivity index (χ3n) is 15.1. The van der Waals surface area contributed by atoms with Gasteiger partial charge in [-0.05, 0) is 129 Å². The molecule has 0 saturated carbocycles. The fraction of sp³-hybridized carbons (Fsp3) is 0.840. The number of aliphatic hydroxyl groups is 2. The molecule has 4 aliphatic rings. The van der Waals surface area contributed by atoms with Gasteiger partial charge in [-0.25, -0.2) is 38.4 Å². The van der Waals surface area contributed by atoms with Crippen molar-refractivity contribution in [1.82, 2.24) is 41.3 Å². The summed E-state index contributed by atoms with van der Waals surface area (Å²) < 4.78 is 34.8. The van der Waals surface area contributed by atoms with E-state index < -0.39 is 153 Å². The molecular weight excluding hydrogens is 1440 g/mol. The van der Waals surface area contributed by atoms with E-state index in [1.54, 1.807) is 125 Å². The van der Waals surface area contributed by atoms with Crippen LogP contribution in [0.25, 0.3) is 0 Å². The van der Waals surface area contributed by atoms with E-state index in [0.717, 1.165) is 0 Å². The van der Waals surface area contributed by atoms with Crippen LogP contribution in [0.1, 0.15) is 250 Å². The van der Waals surface area contributed by atoms with Gasteiger partial charge in [0.05, 0.1) is 33.5 Å². The summed E-state index contributed by atoms with van der Waals surface area (Å²) in [5.74, 6) is -4.23. The van der Waals surface area contributed by atoms with Gasteiger partial charge in [-0.2, -0.15) is 0 Å². The van der Waals surface area contributed by atoms with Crippen LogP contribution in [0, 0.1) is 33.5 Å². The van der Waals surface area contributed by atoms with E-state index in [9.17, 15) is 67.7 Å². The number of nitrogens with zero attached hydrogens (tertiary/aromatic N) is 3. The number of halogens is 1. The largest absolute Gasteiger partial charge is 1.00 e. The van der Waals surface area contributed by atoms with Gasteiger partial charge in [0.25, 0.3) is 0 Å². The number of hydrogen-bond donors (Lipinski definition) is 9. The van der Waals surface area contributed by atoms with Crippen LogP contribution >= 0.6 is 12.4 Å². The molecule has 0 radical (unpaired) electrons. The molecule has 642 valence electrons. The summed E-state index contributed by atoms with van der Waals surface area (Å²) in [5, 5.41) is 50.3. The molecule has 4 heterocycles. The topological polar surface area (TPSA) is 450 Å². The minimum Gasteiger partial charge on any atom is -0.870 e. The van der Waals surface area contributed by atoms with Crippen molar-refractivity contribution in [2.24, 2.45) is 33.5 Å². The molecule has 32 nitrogen and oxygen atoms in total. The number of esters is 3. The van der Waals surface area contributed by atoms with Crippen LogP contribution in [0.2, 0.25) is 0 Å². The van der Waals surface area contributed by atoms with Gasteiger partial charge in [-0.15, -0.1) is 12.4 Å². The quantitative estimate of drug-likeness (QED) is 0.0515. The first-order chi connectivity index (χ1) is 44.9. The number of carbonyl (C=O) groups excluding carboxylic acids is 10. The number of methoxy groups -OCH3 is 3. The van der Waals surface area contributed by atoms with Crippen LogP contribution in [0.4, 0.5) is 19.2 Å². The number of carbonyl (C=O) groups is 12. The Balaban J connectivity index is -0.000000141. The number of carboxylic acids is 2. The Kier molecular flexibility index (Phi) is 57.3. The maximum Gasteiger partial charge on any atom is 1.00 e. The number of aliphatic carboxylic acids is 2. The van der Waals surface area contributed by atoms with Gasteiger partial charge in [0.1, 0.15) is 70.7 Å². The number of nitrogens with one attached hydrogen (secondary N) is 5. The molecule has 4 rings (SSSR count). The van der Waals surface area contributed by atoms with Gasteiger partial charge in [-0.3, -0.25) is 19.2 Å².